The average molecular weight is 345 g/mol. The fourth-order valence-electron chi connectivity index (χ4n) is 2.42. The molecule has 1 amide bonds. The zero-order valence-corrected chi connectivity index (χ0v) is 14.5. The zero-order chi connectivity index (χ0) is 16.0. The van der Waals surface area contributed by atoms with Crippen molar-refractivity contribution < 1.29 is 13.2 Å². The van der Waals surface area contributed by atoms with Crippen molar-refractivity contribution in [2.75, 3.05) is 45.5 Å². The number of hydrogen-bond donors (Lipinski definition) is 1. The maximum Gasteiger partial charge on any atom is 0.220 e. The molecule has 6 nitrogen and oxygen atoms in total. The highest BCUT2D eigenvalue weighted by atomic mass is 32.2. The number of carbonyl (C=O) groups is 1. The van der Waals surface area contributed by atoms with Gasteiger partial charge in [0.15, 0.2) is 0 Å². The van der Waals surface area contributed by atoms with Crippen molar-refractivity contribution >= 4 is 27.3 Å². The van der Waals surface area contributed by atoms with Crippen LogP contribution < -0.4 is 5.32 Å². The number of rotatable bonds is 7. The molecule has 1 aromatic heterocycles. The third-order valence-corrected chi connectivity index (χ3v) is 5.97. The second-order valence-corrected chi connectivity index (χ2v) is 8.45. The van der Waals surface area contributed by atoms with Gasteiger partial charge in [-0.15, -0.1) is 11.3 Å². The van der Waals surface area contributed by atoms with Crippen molar-refractivity contribution in [3.05, 3.63) is 22.4 Å². The van der Waals surface area contributed by atoms with Crippen molar-refractivity contribution in [1.29, 1.82) is 0 Å². The molecule has 1 N–H and O–H groups in total. The molecule has 0 unspecified atom stereocenters. The molecule has 8 heteroatoms. The Bertz CT molecular complexity index is 564. The van der Waals surface area contributed by atoms with E-state index in [0.29, 0.717) is 26.1 Å². The first-order chi connectivity index (χ1) is 10.4. The summed E-state index contributed by atoms with van der Waals surface area (Å²) in [5, 5.41) is 4.94. The van der Waals surface area contributed by atoms with Crippen LogP contribution in [0, 0.1) is 0 Å². The summed E-state index contributed by atoms with van der Waals surface area (Å²) in [5.41, 5.74) is 0. The Morgan fingerprint density at radius 3 is 2.64 bits per heavy atom. The molecule has 0 radical (unpaired) electrons. The Kier molecular flexibility index (Phi) is 6.37. The molecule has 0 atom stereocenters. The van der Waals surface area contributed by atoms with Gasteiger partial charge in [0.25, 0.3) is 0 Å². The lowest BCUT2D eigenvalue weighted by molar-refractivity contribution is -0.121. The van der Waals surface area contributed by atoms with Crippen molar-refractivity contribution in [2.45, 2.75) is 12.8 Å². The summed E-state index contributed by atoms with van der Waals surface area (Å²) in [6.07, 6.45) is 2.55. The van der Waals surface area contributed by atoms with Gasteiger partial charge in [0.2, 0.25) is 15.9 Å². The number of piperazine rings is 1. The van der Waals surface area contributed by atoms with E-state index in [9.17, 15) is 13.2 Å². The van der Waals surface area contributed by atoms with Crippen LogP contribution in [0.25, 0.3) is 0 Å². The summed E-state index contributed by atoms with van der Waals surface area (Å²) in [5.74, 6) is 0.0724. The number of nitrogens with zero attached hydrogens (tertiary/aromatic N) is 2. The smallest absolute Gasteiger partial charge is 0.220 e. The van der Waals surface area contributed by atoms with E-state index in [1.165, 1.54) is 15.4 Å². The molecule has 2 heterocycles. The monoisotopic (exact) mass is 345 g/mol. The van der Waals surface area contributed by atoms with E-state index in [-0.39, 0.29) is 5.91 Å². The lowest BCUT2D eigenvalue weighted by Gasteiger charge is -2.33. The molecule has 1 fully saturated rings. The third kappa shape index (κ3) is 5.68. The molecular weight excluding hydrogens is 322 g/mol. The molecule has 124 valence electrons. The van der Waals surface area contributed by atoms with Crippen LogP contribution in [-0.4, -0.2) is 69.1 Å². The molecule has 0 saturated carbocycles. The largest absolute Gasteiger partial charge is 0.355 e. The Morgan fingerprint density at radius 1 is 1.32 bits per heavy atom. The normalized spacial score (nSPS) is 17.5. The second kappa shape index (κ2) is 8.05. The summed E-state index contributed by atoms with van der Waals surface area (Å²) >= 11 is 1.67. The topological polar surface area (TPSA) is 69.7 Å². The predicted octanol–water partition coefficient (Wildman–Crippen LogP) is 0.374. The maximum atomic E-state index is 11.8. The van der Waals surface area contributed by atoms with Gasteiger partial charge in [-0.2, -0.15) is 4.31 Å². The zero-order valence-electron chi connectivity index (χ0n) is 12.8. The molecule has 0 spiro atoms. The van der Waals surface area contributed by atoms with Crippen LogP contribution in [0.2, 0.25) is 0 Å². The van der Waals surface area contributed by atoms with Crippen LogP contribution in [0.3, 0.4) is 0 Å². The van der Waals surface area contributed by atoms with Gasteiger partial charge in [-0.25, -0.2) is 8.42 Å². The highest BCUT2D eigenvalue weighted by Crippen LogP contribution is 2.10. The van der Waals surface area contributed by atoms with E-state index in [4.69, 9.17) is 0 Å². The Morgan fingerprint density at radius 2 is 2.05 bits per heavy atom. The number of hydrogen-bond acceptors (Lipinski definition) is 5. The van der Waals surface area contributed by atoms with E-state index in [1.54, 1.807) is 11.3 Å². The van der Waals surface area contributed by atoms with Crippen LogP contribution in [0.4, 0.5) is 0 Å². The summed E-state index contributed by atoms with van der Waals surface area (Å²) in [6.45, 7) is 3.89. The molecule has 1 saturated heterocycles. The number of carbonyl (C=O) groups excluding carboxylic acids is 1. The van der Waals surface area contributed by atoms with Crippen molar-refractivity contribution in [1.82, 2.24) is 14.5 Å². The summed E-state index contributed by atoms with van der Waals surface area (Å²) < 4.78 is 24.3. The Hall–Kier alpha value is -0.960. The Labute approximate surface area is 136 Å². The molecule has 1 aliphatic heterocycles. The maximum absolute atomic E-state index is 11.8. The second-order valence-electron chi connectivity index (χ2n) is 5.43. The van der Waals surface area contributed by atoms with Crippen molar-refractivity contribution in [2.24, 2.45) is 0 Å². The molecule has 2 rings (SSSR count). The predicted molar refractivity (Wildman–Crippen MR) is 88.5 cm³/mol. The van der Waals surface area contributed by atoms with E-state index >= 15 is 0 Å². The van der Waals surface area contributed by atoms with Crippen molar-refractivity contribution in [3.63, 3.8) is 0 Å². The quantitative estimate of drug-likeness (QED) is 0.775. The fraction of sp³-hybridized carbons (Fsp3) is 0.643. The first-order valence-electron chi connectivity index (χ1n) is 7.42. The van der Waals surface area contributed by atoms with E-state index in [2.05, 4.69) is 10.2 Å². The lowest BCUT2D eigenvalue weighted by Crippen LogP contribution is -2.49. The van der Waals surface area contributed by atoms with Gasteiger partial charge in [0.1, 0.15) is 0 Å². The molecule has 0 bridgehead atoms. The van der Waals surface area contributed by atoms with Crippen LogP contribution in [0.15, 0.2) is 17.5 Å². The molecule has 0 aromatic carbocycles. The summed E-state index contributed by atoms with van der Waals surface area (Å²) in [4.78, 5) is 15.2. The van der Waals surface area contributed by atoms with Crippen LogP contribution in [0.1, 0.15) is 11.3 Å². The van der Waals surface area contributed by atoms with Crippen molar-refractivity contribution in [3.8, 4) is 0 Å². The minimum absolute atomic E-state index is 0.0724. The molecule has 1 aliphatic rings. The number of nitrogens with one attached hydrogen (secondary N) is 1. The fourth-order valence-corrected chi connectivity index (χ4v) is 3.95. The van der Waals surface area contributed by atoms with Crippen LogP contribution >= 0.6 is 11.3 Å². The molecular formula is C14H23N3O3S2. The summed E-state index contributed by atoms with van der Waals surface area (Å²) in [7, 11) is -3.07. The van der Waals surface area contributed by atoms with Crippen LogP contribution in [-0.2, 0) is 21.2 Å². The number of amides is 1. The van der Waals surface area contributed by atoms with E-state index in [0.717, 1.165) is 26.1 Å². The number of aryl methyl sites for hydroxylation is 1. The summed E-state index contributed by atoms with van der Waals surface area (Å²) in [6, 6.07) is 4.03. The minimum Gasteiger partial charge on any atom is -0.355 e. The molecule has 1 aromatic rings. The first-order valence-corrected chi connectivity index (χ1v) is 10.1. The van der Waals surface area contributed by atoms with Crippen LogP contribution in [0.5, 0.6) is 0 Å². The lowest BCUT2D eigenvalue weighted by atomic mass is 10.2. The highest BCUT2D eigenvalue weighted by molar-refractivity contribution is 7.88. The minimum atomic E-state index is -3.07. The molecule has 22 heavy (non-hydrogen) atoms. The standard InChI is InChI=1S/C14H23N3O3S2/c1-22(19,20)17-10-8-16(9-11-17)7-6-15-14(18)5-4-13-3-2-12-21-13/h2-3,12H,4-11H2,1H3,(H,15,18). The average Bonchev–Trinajstić information content (AvgIpc) is 2.98. The van der Waals surface area contributed by atoms with Gasteiger partial charge in [0.05, 0.1) is 6.26 Å². The SMILES string of the molecule is CS(=O)(=O)N1CCN(CCNC(=O)CCc2cccs2)CC1. The number of thiophene rings is 1. The first kappa shape index (κ1) is 17.4. The van der Waals surface area contributed by atoms with Gasteiger partial charge in [-0.3, -0.25) is 9.69 Å². The van der Waals surface area contributed by atoms with Gasteiger partial charge in [-0.05, 0) is 17.9 Å². The number of sulfonamides is 1. The van der Waals surface area contributed by atoms with E-state index < -0.39 is 10.0 Å². The Balaban J connectivity index is 1.58. The van der Waals surface area contributed by atoms with Gasteiger partial charge >= 0.3 is 0 Å². The third-order valence-electron chi connectivity index (χ3n) is 3.73. The molecule has 0 aliphatic carbocycles. The van der Waals surface area contributed by atoms with E-state index in [1.807, 2.05) is 17.5 Å². The van der Waals surface area contributed by atoms with Gasteiger partial charge in [0, 0.05) is 50.6 Å². The highest BCUT2D eigenvalue weighted by Gasteiger charge is 2.22. The van der Waals surface area contributed by atoms with Gasteiger partial charge in [-0.1, -0.05) is 6.07 Å². The van der Waals surface area contributed by atoms with Gasteiger partial charge < -0.3 is 5.32 Å².